The fraction of sp³-hybridized carbons (Fsp3) is 0.217. The second kappa shape index (κ2) is 8.32. The number of benzene rings is 2. The molecule has 0 saturated heterocycles. The fourth-order valence-corrected chi connectivity index (χ4v) is 3.44. The zero-order chi connectivity index (χ0) is 21.1. The lowest BCUT2D eigenvalue weighted by Crippen LogP contribution is -2.27. The maximum absolute atomic E-state index is 12.9. The minimum atomic E-state index is -0.213. The van der Waals surface area contributed by atoms with E-state index in [0.29, 0.717) is 23.4 Å². The molecular formula is C23H23N5O2. The van der Waals surface area contributed by atoms with Crippen LogP contribution >= 0.6 is 0 Å². The lowest BCUT2D eigenvalue weighted by Gasteiger charge is -2.09. The maximum Gasteiger partial charge on any atom is 0.273 e. The maximum atomic E-state index is 12.9. The number of amides is 1. The molecule has 2 aromatic carbocycles. The van der Waals surface area contributed by atoms with Gasteiger partial charge in [-0.1, -0.05) is 48.5 Å². The van der Waals surface area contributed by atoms with Crippen molar-refractivity contribution in [3.8, 4) is 5.69 Å². The third-order valence-electron chi connectivity index (χ3n) is 5.04. The Labute approximate surface area is 174 Å². The topological polar surface area (TPSA) is 81.8 Å². The lowest BCUT2D eigenvalue weighted by atomic mass is 10.2. The average Bonchev–Trinajstić information content (AvgIpc) is 3.11. The van der Waals surface area contributed by atoms with Crippen LogP contribution in [0.5, 0.6) is 0 Å². The van der Waals surface area contributed by atoms with E-state index >= 15 is 0 Å². The van der Waals surface area contributed by atoms with E-state index < -0.39 is 0 Å². The first-order valence-electron chi connectivity index (χ1n) is 9.86. The van der Waals surface area contributed by atoms with Crippen molar-refractivity contribution in [2.75, 3.05) is 0 Å². The molecule has 0 spiro atoms. The summed E-state index contributed by atoms with van der Waals surface area (Å²) in [5.74, 6) is -0.112. The molecule has 0 aliphatic rings. The molecule has 4 rings (SSSR count). The third-order valence-corrected chi connectivity index (χ3v) is 5.04. The van der Waals surface area contributed by atoms with Gasteiger partial charge in [0.25, 0.3) is 5.56 Å². The zero-order valence-electron chi connectivity index (χ0n) is 17.0. The van der Waals surface area contributed by atoms with E-state index in [9.17, 15) is 9.59 Å². The Morgan fingerprint density at radius 2 is 1.70 bits per heavy atom. The minimum absolute atomic E-state index is 0.112. The van der Waals surface area contributed by atoms with Crippen molar-refractivity contribution in [3.05, 3.63) is 88.0 Å². The van der Waals surface area contributed by atoms with E-state index in [0.717, 1.165) is 16.9 Å². The number of aromatic nitrogens is 4. The van der Waals surface area contributed by atoms with Crippen molar-refractivity contribution in [1.29, 1.82) is 0 Å². The van der Waals surface area contributed by atoms with Crippen LogP contribution in [0.4, 0.5) is 0 Å². The van der Waals surface area contributed by atoms with E-state index in [-0.39, 0.29) is 24.3 Å². The number of para-hydroxylation sites is 1. The Hall–Kier alpha value is -3.74. The average molecular weight is 401 g/mol. The summed E-state index contributed by atoms with van der Waals surface area (Å²) < 4.78 is 3.29. The Morgan fingerprint density at radius 1 is 1.03 bits per heavy atom. The first-order valence-corrected chi connectivity index (χ1v) is 9.86. The van der Waals surface area contributed by atoms with Crippen LogP contribution in [0.1, 0.15) is 23.4 Å². The number of nitrogens with one attached hydrogen (secondary N) is 1. The minimum Gasteiger partial charge on any atom is -0.352 e. The normalized spacial score (nSPS) is 11.0. The van der Waals surface area contributed by atoms with Gasteiger partial charge in [-0.3, -0.25) is 14.2 Å². The molecule has 30 heavy (non-hydrogen) atoms. The molecule has 0 atom stereocenters. The molecule has 7 nitrogen and oxygen atoms in total. The van der Waals surface area contributed by atoms with Crippen molar-refractivity contribution in [2.24, 2.45) is 7.05 Å². The summed E-state index contributed by atoms with van der Waals surface area (Å²) in [5, 5.41) is 7.46. The molecule has 2 aromatic heterocycles. The summed E-state index contributed by atoms with van der Waals surface area (Å²) >= 11 is 0. The molecule has 0 aliphatic carbocycles. The van der Waals surface area contributed by atoms with Gasteiger partial charge in [0, 0.05) is 26.4 Å². The highest BCUT2D eigenvalue weighted by atomic mass is 16.1. The second-order valence-corrected chi connectivity index (χ2v) is 7.19. The number of carbonyl (C=O) groups is 1. The number of hydrogen-bond acceptors (Lipinski definition) is 4. The SMILES string of the molecule is Cc1nn(-c2ccccc2)c2c1nc(CCC(=O)NCc1ccccc1)c(=O)n2C. The van der Waals surface area contributed by atoms with Gasteiger partial charge in [-0.15, -0.1) is 0 Å². The lowest BCUT2D eigenvalue weighted by molar-refractivity contribution is -0.121. The Balaban J connectivity index is 1.55. The summed E-state index contributed by atoms with van der Waals surface area (Å²) in [7, 11) is 1.71. The predicted octanol–water partition coefficient (Wildman–Crippen LogP) is 2.68. The molecule has 152 valence electrons. The smallest absolute Gasteiger partial charge is 0.273 e. The van der Waals surface area contributed by atoms with Gasteiger partial charge in [-0.05, 0) is 24.6 Å². The van der Waals surface area contributed by atoms with Crippen LogP contribution in [0.25, 0.3) is 16.9 Å². The molecule has 1 N–H and O–H groups in total. The van der Waals surface area contributed by atoms with Crippen molar-refractivity contribution < 1.29 is 4.79 Å². The summed E-state index contributed by atoms with van der Waals surface area (Å²) in [6, 6.07) is 19.4. The number of hydrogen-bond donors (Lipinski definition) is 1. The number of nitrogens with zero attached hydrogens (tertiary/aromatic N) is 4. The first-order chi connectivity index (χ1) is 14.5. The number of fused-ring (bicyclic) bond motifs is 1. The van der Waals surface area contributed by atoms with E-state index in [1.165, 1.54) is 0 Å². The Bertz CT molecular complexity index is 1240. The van der Waals surface area contributed by atoms with Gasteiger partial charge < -0.3 is 5.32 Å². The molecule has 0 saturated carbocycles. The Kier molecular flexibility index (Phi) is 5.43. The zero-order valence-corrected chi connectivity index (χ0v) is 17.0. The summed E-state index contributed by atoms with van der Waals surface area (Å²) in [5.41, 5.74) is 4.09. The largest absolute Gasteiger partial charge is 0.352 e. The van der Waals surface area contributed by atoms with Crippen LogP contribution < -0.4 is 10.9 Å². The van der Waals surface area contributed by atoms with Crippen molar-refractivity contribution in [1.82, 2.24) is 24.6 Å². The highest BCUT2D eigenvalue weighted by Crippen LogP contribution is 2.19. The molecule has 0 radical (unpaired) electrons. The standard InChI is InChI=1S/C23H23N5O2/c1-16-21-22(28(26-16)18-11-7-4-8-12-18)27(2)23(30)19(25-21)13-14-20(29)24-15-17-9-5-3-6-10-17/h3-12H,13-15H2,1-2H3,(H,24,29). The number of aryl methyl sites for hydroxylation is 3. The van der Waals surface area contributed by atoms with E-state index in [4.69, 9.17) is 0 Å². The molecule has 2 heterocycles. The highest BCUT2D eigenvalue weighted by Gasteiger charge is 2.18. The molecule has 7 heteroatoms. The van der Waals surface area contributed by atoms with Gasteiger partial charge in [0.15, 0.2) is 5.65 Å². The number of carbonyl (C=O) groups excluding carboxylic acids is 1. The van der Waals surface area contributed by atoms with Crippen LogP contribution in [0.3, 0.4) is 0 Å². The third kappa shape index (κ3) is 3.87. The molecule has 0 unspecified atom stereocenters. The van der Waals surface area contributed by atoms with Crippen molar-refractivity contribution in [3.63, 3.8) is 0 Å². The summed E-state index contributed by atoms with van der Waals surface area (Å²) in [6.07, 6.45) is 0.478. The highest BCUT2D eigenvalue weighted by molar-refractivity contribution is 5.77. The second-order valence-electron chi connectivity index (χ2n) is 7.19. The van der Waals surface area contributed by atoms with Gasteiger partial charge in [0.2, 0.25) is 5.91 Å². The quantitative estimate of drug-likeness (QED) is 0.539. The molecule has 0 fully saturated rings. The summed E-state index contributed by atoms with van der Waals surface area (Å²) in [6.45, 7) is 2.34. The molecular weight excluding hydrogens is 378 g/mol. The molecule has 0 bridgehead atoms. The monoisotopic (exact) mass is 401 g/mol. The Morgan fingerprint density at radius 3 is 2.40 bits per heavy atom. The van der Waals surface area contributed by atoms with Gasteiger partial charge in [0.1, 0.15) is 11.2 Å². The van der Waals surface area contributed by atoms with Gasteiger partial charge in [-0.2, -0.15) is 5.10 Å². The van der Waals surface area contributed by atoms with Crippen LogP contribution in [0.2, 0.25) is 0 Å². The van der Waals surface area contributed by atoms with Gasteiger partial charge >= 0.3 is 0 Å². The molecule has 4 aromatic rings. The van der Waals surface area contributed by atoms with Gasteiger partial charge in [0.05, 0.1) is 11.4 Å². The van der Waals surface area contributed by atoms with Crippen LogP contribution in [0.15, 0.2) is 65.5 Å². The van der Waals surface area contributed by atoms with E-state index in [2.05, 4.69) is 15.4 Å². The van der Waals surface area contributed by atoms with Crippen molar-refractivity contribution in [2.45, 2.75) is 26.3 Å². The van der Waals surface area contributed by atoms with E-state index in [1.54, 1.807) is 16.3 Å². The molecule has 1 amide bonds. The van der Waals surface area contributed by atoms with Crippen LogP contribution in [-0.2, 0) is 24.8 Å². The molecule has 0 aliphatic heterocycles. The van der Waals surface area contributed by atoms with E-state index in [1.807, 2.05) is 67.6 Å². The van der Waals surface area contributed by atoms with Crippen LogP contribution in [0, 0.1) is 6.92 Å². The first kappa shape index (κ1) is 19.6. The van der Waals surface area contributed by atoms with Crippen LogP contribution in [-0.4, -0.2) is 25.2 Å². The summed E-state index contributed by atoms with van der Waals surface area (Å²) in [4.78, 5) is 29.7. The predicted molar refractivity (Wildman–Crippen MR) is 115 cm³/mol. The van der Waals surface area contributed by atoms with Crippen molar-refractivity contribution >= 4 is 17.1 Å². The fourth-order valence-electron chi connectivity index (χ4n) is 3.44. The van der Waals surface area contributed by atoms with Gasteiger partial charge in [-0.25, -0.2) is 9.67 Å². The number of rotatable bonds is 6.